The van der Waals surface area contributed by atoms with Gasteiger partial charge in [-0.2, -0.15) is 13.2 Å². The molecule has 3 N–H and O–H groups in total. The largest absolute Gasteiger partial charge is 0.444 e. The summed E-state index contributed by atoms with van der Waals surface area (Å²) in [6, 6.07) is -0.907. The van der Waals surface area contributed by atoms with Crippen LogP contribution in [0.15, 0.2) is 23.4 Å². The number of rotatable bonds is 5. The second-order valence-corrected chi connectivity index (χ2v) is 10.2. The zero-order valence-corrected chi connectivity index (χ0v) is 21.9. The topological polar surface area (TPSA) is 114 Å². The molecule has 2 aliphatic rings. The number of nitrogens with zero attached hydrogens (tertiary/aromatic N) is 4. The highest BCUT2D eigenvalue weighted by Crippen LogP contribution is 2.36. The molecule has 204 valence electrons. The van der Waals surface area contributed by atoms with Crippen molar-refractivity contribution in [1.29, 1.82) is 0 Å². The summed E-state index contributed by atoms with van der Waals surface area (Å²) in [5, 5.41) is 2.83. The van der Waals surface area contributed by atoms with Crippen LogP contribution in [0.2, 0.25) is 0 Å². The molecule has 1 saturated heterocycles. The molecule has 0 bridgehead atoms. The quantitative estimate of drug-likeness (QED) is 0.600. The van der Waals surface area contributed by atoms with Crippen LogP contribution in [-0.2, 0) is 11.2 Å². The van der Waals surface area contributed by atoms with Gasteiger partial charge in [-0.3, -0.25) is 9.69 Å². The lowest BCUT2D eigenvalue weighted by Gasteiger charge is -2.35. The summed E-state index contributed by atoms with van der Waals surface area (Å²) in [7, 11) is 0. The van der Waals surface area contributed by atoms with Gasteiger partial charge < -0.3 is 20.7 Å². The van der Waals surface area contributed by atoms with Gasteiger partial charge in [0.05, 0.1) is 17.0 Å². The SMILES string of the molecule is CCc1nc(C(N)=O)c(NC2=CCC(N3CCCN(C(=O)OC(C)(C)C)CC3)C(C(F)(F)F)=C2)nc1C. The number of carbonyl (C=O) groups excluding carboxylic acids is 2. The lowest BCUT2D eigenvalue weighted by Crippen LogP contribution is -2.44. The average molecular weight is 525 g/mol. The van der Waals surface area contributed by atoms with E-state index in [1.807, 2.05) is 6.92 Å². The maximum atomic E-state index is 14.2. The Balaban J connectivity index is 1.80. The van der Waals surface area contributed by atoms with E-state index < -0.39 is 35.4 Å². The summed E-state index contributed by atoms with van der Waals surface area (Å²) in [5.41, 5.74) is 5.27. The molecular weight excluding hydrogens is 489 g/mol. The smallest absolute Gasteiger partial charge is 0.414 e. The van der Waals surface area contributed by atoms with Crippen LogP contribution >= 0.6 is 0 Å². The van der Waals surface area contributed by atoms with Gasteiger partial charge in [-0.25, -0.2) is 14.8 Å². The van der Waals surface area contributed by atoms with Gasteiger partial charge in [-0.05, 0) is 53.0 Å². The van der Waals surface area contributed by atoms with Crippen molar-refractivity contribution in [2.45, 2.75) is 71.7 Å². The Kier molecular flexibility index (Phi) is 8.51. The van der Waals surface area contributed by atoms with E-state index in [4.69, 9.17) is 10.5 Å². The molecule has 1 aliphatic carbocycles. The van der Waals surface area contributed by atoms with E-state index in [1.165, 1.54) is 0 Å². The first-order valence-electron chi connectivity index (χ1n) is 12.3. The molecule has 2 heterocycles. The Morgan fingerprint density at radius 1 is 1.16 bits per heavy atom. The van der Waals surface area contributed by atoms with Crippen LogP contribution in [0.25, 0.3) is 0 Å². The number of anilines is 1. The fourth-order valence-corrected chi connectivity index (χ4v) is 4.43. The molecule has 1 aromatic heterocycles. The number of allylic oxidation sites excluding steroid dienone is 1. The molecule has 12 heteroatoms. The number of nitrogens with one attached hydrogen (secondary N) is 1. The second-order valence-electron chi connectivity index (χ2n) is 10.2. The molecule has 1 aliphatic heterocycles. The lowest BCUT2D eigenvalue weighted by atomic mass is 9.94. The number of alkyl halides is 3. The summed E-state index contributed by atoms with van der Waals surface area (Å²) in [4.78, 5) is 36.3. The summed E-state index contributed by atoms with van der Waals surface area (Å²) < 4.78 is 48.0. The third-order valence-electron chi connectivity index (χ3n) is 6.18. The fourth-order valence-electron chi connectivity index (χ4n) is 4.43. The van der Waals surface area contributed by atoms with Crippen molar-refractivity contribution in [2.75, 3.05) is 31.5 Å². The molecule has 1 unspecified atom stereocenters. The summed E-state index contributed by atoms with van der Waals surface area (Å²) >= 11 is 0. The van der Waals surface area contributed by atoms with Crippen molar-refractivity contribution >= 4 is 17.8 Å². The molecule has 37 heavy (non-hydrogen) atoms. The second kappa shape index (κ2) is 11.1. The molecule has 0 radical (unpaired) electrons. The van der Waals surface area contributed by atoms with Crippen molar-refractivity contribution < 1.29 is 27.5 Å². The van der Waals surface area contributed by atoms with Gasteiger partial charge >= 0.3 is 12.3 Å². The van der Waals surface area contributed by atoms with Gasteiger partial charge in [0.15, 0.2) is 11.5 Å². The summed E-state index contributed by atoms with van der Waals surface area (Å²) in [6.45, 7) is 10.2. The van der Waals surface area contributed by atoms with E-state index in [-0.39, 0.29) is 36.7 Å². The molecule has 0 aromatic carbocycles. The molecule has 2 amide bonds. The Hall–Kier alpha value is -3.15. The van der Waals surface area contributed by atoms with E-state index in [2.05, 4.69) is 15.3 Å². The number of primary amides is 1. The van der Waals surface area contributed by atoms with Gasteiger partial charge in [-0.15, -0.1) is 0 Å². The Bertz CT molecular complexity index is 1090. The number of nitrogens with two attached hydrogens (primary N) is 1. The van der Waals surface area contributed by atoms with Crippen molar-refractivity contribution in [1.82, 2.24) is 19.8 Å². The van der Waals surface area contributed by atoms with Crippen LogP contribution < -0.4 is 11.1 Å². The maximum absolute atomic E-state index is 14.2. The zero-order chi connectivity index (χ0) is 27.5. The highest BCUT2D eigenvalue weighted by atomic mass is 19.4. The van der Waals surface area contributed by atoms with E-state index in [1.54, 1.807) is 43.6 Å². The highest BCUT2D eigenvalue weighted by molar-refractivity contribution is 5.95. The monoisotopic (exact) mass is 524 g/mol. The minimum atomic E-state index is -4.58. The van der Waals surface area contributed by atoms with Gasteiger partial charge in [-0.1, -0.05) is 13.0 Å². The molecule has 9 nitrogen and oxygen atoms in total. The number of amides is 2. The number of hydrogen-bond donors (Lipinski definition) is 2. The average Bonchev–Trinajstić information content (AvgIpc) is 3.04. The number of aryl methyl sites for hydroxylation is 2. The predicted octanol–water partition coefficient (Wildman–Crippen LogP) is 3.95. The van der Waals surface area contributed by atoms with E-state index in [9.17, 15) is 22.8 Å². The van der Waals surface area contributed by atoms with Crippen molar-refractivity contribution in [2.24, 2.45) is 5.73 Å². The first-order chi connectivity index (χ1) is 17.2. The van der Waals surface area contributed by atoms with Gasteiger partial charge in [0.2, 0.25) is 0 Å². The van der Waals surface area contributed by atoms with Gasteiger partial charge in [0.1, 0.15) is 5.60 Å². The normalized spacial score (nSPS) is 19.6. The molecule has 3 rings (SSSR count). The molecule has 1 fully saturated rings. The van der Waals surface area contributed by atoms with Crippen molar-refractivity contribution in [3.05, 3.63) is 40.5 Å². The van der Waals surface area contributed by atoms with Crippen LogP contribution in [0.1, 0.15) is 62.4 Å². The number of halogens is 3. The van der Waals surface area contributed by atoms with Crippen LogP contribution in [0.4, 0.5) is 23.8 Å². The molecular formula is C25H35F3N6O3. The predicted molar refractivity (Wildman–Crippen MR) is 133 cm³/mol. The first-order valence-corrected chi connectivity index (χ1v) is 12.3. The molecule has 1 atom stereocenters. The Morgan fingerprint density at radius 2 is 1.86 bits per heavy atom. The third kappa shape index (κ3) is 7.21. The molecule has 0 saturated carbocycles. The minimum absolute atomic E-state index is 0.0208. The standard InChI is InChI=1S/C25H35F3N6O3/c1-6-18-15(2)30-22(20(32-18)21(29)35)31-16-8-9-19(17(14-16)25(26,27)28)33-10-7-11-34(13-12-33)23(36)37-24(3,4)5/h8,14,19H,6-7,9-13H2,1-5H3,(H2,29,35)(H,30,31). The van der Waals surface area contributed by atoms with Crippen molar-refractivity contribution in [3.63, 3.8) is 0 Å². The van der Waals surface area contributed by atoms with Crippen LogP contribution in [0.5, 0.6) is 0 Å². The van der Waals surface area contributed by atoms with E-state index in [0.29, 0.717) is 37.3 Å². The number of hydrogen-bond acceptors (Lipinski definition) is 7. The lowest BCUT2D eigenvalue weighted by molar-refractivity contribution is -0.102. The zero-order valence-electron chi connectivity index (χ0n) is 21.9. The number of aromatic nitrogens is 2. The van der Waals surface area contributed by atoms with Crippen LogP contribution in [0, 0.1) is 6.92 Å². The van der Waals surface area contributed by atoms with Crippen LogP contribution in [-0.4, -0.2) is 75.8 Å². The third-order valence-corrected chi connectivity index (χ3v) is 6.18. The van der Waals surface area contributed by atoms with E-state index in [0.717, 1.165) is 6.08 Å². The number of carbonyl (C=O) groups is 2. The Labute approximate surface area is 214 Å². The fraction of sp³-hybridized carbons (Fsp3) is 0.600. The number of ether oxygens (including phenoxy) is 1. The highest BCUT2D eigenvalue weighted by Gasteiger charge is 2.42. The molecule has 0 spiro atoms. The maximum Gasteiger partial charge on any atom is 0.414 e. The summed E-state index contributed by atoms with van der Waals surface area (Å²) in [5.74, 6) is -0.800. The summed E-state index contributed by atoms with van der Waals surface area (Å²) in [6.07, 6.45) is -1.22. The van der Waals surface area contributed by atoms with Gasteiger partial charge in [0, 0.05) is 37.9 Å². The van der Waals surface area contributed by atoms with Crippen molar-refractivity contribution in [3.8, 4) is 0 Å². The minimum Gasteiger partial charge on any atom is -0.444 e. The van der Waals surface area contributed by atoms with Crippen LogP contribution in [0.3, 0.4) is 0 Å². The first kappa shape index (κ1) is 28.4. The Morgan fingerprint density at radius 3 is 2.46 bits per heavy atom. The van der Waals surface area contributed by atoms with E-state index >= 15 is 0 Å². The van der Waals surface area contributed by atoms with Gasteiger partial charge in [0.25, 0.3) is 5.91 Å². The molecule has 1 aromatic rings.